The molecule has 1 N–H and O–H groups in total. The summed E-state index contributed by atoms with van der Waals surface area (Å²) in [4.78, 5) is 0. The Bertz CT molecular complexity index is 296. The molecule has 0 aliphatic rings. The van der Waals surface area contributed by atoms with Crippen LogP contribution in [-0.2, 0) is 6.42 Å². The van der Waals surface area contributed by atoms with Gasteiger partial charge in [-0.1, -0.05) is 38.5 Å². The highest BCUT2D eigenvalue weighted by Gasteiger charge is 2.12. The fourth-order valence-electron chi connectivity index (χ4n) is 1.46. The Kier molecular flexibility index (Phi) is 4.08. The van der Waals surface area contributed by atoms with Crippen molar-refractivity contribution in [2.45, 2.75) is 26.7 Å². The molecule has 0 aliphatic heterocycles. The van der Waals surface area contributed by atoms with Crippen LogP contribution in [0.1, 0.15) is 31.4 Å². The molecule has 1 nitrogen and oxygen atoms in total. The lowest BCUT2D eigenvalue weighted by molar-refractivity contribution is 0.313. The maximum absolute atomic E-state index is 13.8. The molecule has 1 rings (SSSR count). The van der Waals surface area contributed by atoms with Crippen molar-refractivity contribution in [3.63, 3.8) is 0 Å². The van der Waals surface area contributed by atoms with E-state index in [9.17, 15) is 4.39 Å². The van der Waals surface area contributed by atoms with E-state index in [-0.39, 0.29) is 12.4 Å². The van der Waals surface area contributed by atoms with Gasteiger partial charge in [0.2, 0.25) is 0 Å². The molecule has 0 amide bonds. The third-order valence-electron chi connectivity index (χ3n) is 2.29. The van der Waals surface area contributed by atoms with E-state index >= 15 is 0 Å². The molecule has 0 unspecified atom stereocenters. The second-order valence-corrected chi connectivity index (χ2v) is 3.47. The monoisotopic (exact) mass is 195 g/mol. The third-order valence-corrected chi connectivity index (χ3v) is 2.29. The predicted molar refractivity (Wildman–Crippen MR) is 55.5 cm³/mol. The Morgan fingerprint density at radius 1 is 1.43 bits per heavy atom. The summed E-state index contributed by atoms with van der Waals surface area (Å²) >= 11 is 0. The van der Waals surface area contributed by atoms with Gasteiger partial charge in [0.1, 0.15) is 5.82 Å². The van der Waals surface area contributed by atoms with Crippen molar-refractivity contribution in [2.24, 2.45) is 0 Å². The van der Waals surface area contributed by atoms with E-state index in [1.54, 1.807) is 19.1 Å². The highest BCUT2D eigenvalue weighted by molar-refractivity contribution is 5.35. The zero-order chi connectivity index (χ0) is 10.6. The fourth-order valence-corrected chi connectivity index (χ4v) is 1.46. The number of benzene rings is 1. The molecule has 0 fully saturated rings. The Balaban J connectivity index is 3.00. The van der Waals surface area contributed by atoms with Crippen LogP contribution in [-0.4, -0.2) is 11.7 Å². The summed E-state index contributed by atoms with van der Waals surface area (Å²) in [7, 11) is 0. The fraction of sp³-hybridized carbons (Fsp3) is 0.417. The lowest BCUT2D eigenvalue weighted by Crippen LogP contribution is -2.05. The van der Waals surface area contributed by atoms with E-state index in [4.69, 9.17) is 5.11 Å². The minimum absolute atomic E-state index is 0.0908. The number of hydrogen-bond donors (Lipinski definition) is 1. The average Bonchev–Trinajstić information content (AvgIpc) is 2.20. The molecule has 0 atom stereocenters. The minimum Gasteiger partial charge on any atom is -0.395 e. The van der Waals surface area contributed by atoms with Gasteiger partial charge < -0.3 is 5.11 Å². The number of aliphatic hydroxyl groups excluding tert-OH is 1. The molecule has 1 radical (unpaired) electrons. The van der Waals surface area contributed by atoms with Gasteiger partial charge in [-0.05, 0) is 17.5 Å². The summed E-state index contributed by atoms with van der Waals surface area (Å²) in [5.41, 5.74) is 1.27. The lowest BCUT2D eigenvalue weighted by Gasteiger charge is -2.11. The van der Waals surface area contributed by atoms with Gasteiger partial charge in [-0.25, -0.2) is 4.39 Å². The first kappa shape index (κ1) is 11.2. The summed E-state index contributed by atoms with van der Waals surface area (Å²) in [6, 6.07) is 5.34. The van der Waals surface area contributed by atoms with Crippen molar-refractivity contribution in [3.8, 4) is 0 Å². The largest absolute Gasteiger partial charge is 0.395 e. The van der Waals surface area contributed by atoms with Gasteiger partial charge in [0, 0.05) is 5.92 Å². The smallest absolute Gasteiger partial charge is 0.130 e. The van der Waals surface area contributed by atoms with Gasteiger partial charge in [0.25, 0.3) is 0 Å². The van der Waals surface area contributed by atoms with E-state index < -0.39 is 0 Å². The quantitative estimate of drug-likeness (QED) is 0.783. The molecule has 0 spiro atoms. The zero-order valence-corrected chi connectivity index (χ0v) is 8.68. The van der Waals surface area contributed by atoms with Crippen LogP contribution in [0.2, 0.25) is 0 Å². The molecule has 0 aromatic heterocycles. The van der Waals surface area contributed by atoms with Crippen molar-refractivity contribution in [1.82, 2.24) is 0 Å². The number of aliphatic hydroxyl groups is 1. The molecule has 0 heterocycles. The normalized spacial score (nSPS) is 10.9. The van der Waals surface area contributed by atoms with Crippen LogP contribution in [0.5, 0.6) is 0 Å². The first-order chi connectivity index (χ1) is 6.70. The van der Waals surface area contributed by atoms with Crippen molar-refractivity contribution in [1.29, 1.82) is 0 Å². The molecular formula is C12H16FO. The van der Waals surface area contributed by atoms with Crippen molar-refractivity contribution in [3.05, 3.63) is 41.1 Å². The minimum atomic E-state index is -0.180. The van der Waals surface area contributed by atoms with Crippen LogP contribution in [0.25, 0.3) is 0 Å². The van der Waals surface area contributed by atoms with Crippen LogP contribution in [0.3, 0.4) is 0 Å². The molecular weight excluding hydrogens is 179 g/mol. The standard InChI is InChI=1S/C12H16FO/c1-3-5-10-6-4-7-11(12(10)13)9(2)8-14/h4,6-7,14H,3,5,8H2,1-2H3. The zero-order valence-electron chi connectivity index (χ0n) is 8.68. The van der Waals surface area contributed by atoms with Crippen molar-refractivity contribution >= 4 is 0 Å². The third kappa shape index (κ3) is 2.32. The number of halogens is 1. The Morgan fingerprint density at radius 3 is 2.71 bits per heavy atom. The first-order valence-corrected chi connectivity index (χ1v) is 4.91. The molecule has 2 heteroatoms. The van der Waals surface area contributed by atoms with Crippen LogP contribution in [0.4, 0.5) is 4.39 Å². The van der Waals surface area contributed by atoms with Gasteiger partial charge in [-0.15, -0.1) is 0 Å². The molecule has 0 bridgehead atoms. The Morgan fingerprint density at radius 2 is 2.14 bits per heavy atom. The van der Waals surface area contributed by atoms with Crippen LogP contribution in [0.15, 0.2) is 18.2 Å². The second-order valence-electron chi connectivity index (χ2n) is 3.47. The summed E-state index contributed by atoms with van der Waals surface area (Å²) in [5, 5.41) is 8.93. The molecule has 14 heavy (non-hydrogen) atoms. The molecule has 0 saturated heterocycles. The van der Waals surface area contributed by atoms with E-state index in [2.05, 4.69) is 0 Å². The average molecular weight is 195 g/mol. The van der Waals surface area contributed by atoms with E-state index in [0.29, 0.717) is 11.5 Å². The van der Waals surface area contributed by atoms with Crippen molar-refractivity contribution < 1.29 is 9.50 Å². The maximum atomic E-state index is 13.8. The molecule has 1 aromatic rings. The van der Waals surface area contributed by atoms with Gasteiger partial charge >= 0.3 is 0 Å². The van der Waals surface area contributed by atoms with Crippen LogP contribution in [0, 0.1) is 11.7 Å². The van der Waals surface area contributed by atoms with Crippen LogP contribution < -0.4 is 0 Å². The van der Waals surface area contributed by atoms with Gasteiger partial charge in [-0.2, -0.15) is 0 Å². The maximum Gasteiger partial charge on any atom is 0.130 e. The summed E-state index contributed by atoms with van der Waals surface area (Å²) in [5.74, 6) is 0.501. The molecule has 1 aromatic carbocycles. The highest BCUT2D eigenvalue weighted by atomic mass is 19.1. The Labute approximate surface area is 84.6 Å². The van der Waals surface area contributed by atoms with E-state index in [0.717, 1.165) is 18.4 Å². The Hall–Kier alpha value is -0.890. The van der Waals surface area contributed by atoms with E-state index in [1.807, 2.05) is 13.0 Å². The number of hydrogen-bond acceptors (Lipinski definition) is 1. The van der Waals surface area contributed by atoms with E-state index in [1.165, 1.54) is 0 Å². The van der Waals surface area contributed by atoms with Gasteiger partial charge in [-0.3, -0.25) is 0 Å². The molecule has 0 saturated carbocycles. The number of rotatable bonds is 4. The molecule has 77 valence electrons. The predicted octanol–water partition coefficient (Wildman–Crippen LogP) is 2.71. The summed E-state index contributed by atoms with van der Waals surface area (Å²) in [6.07, 6.45) is 1.68. The van der Waals surface area contributed by atoms with Crippen molar-refractivity contribution in [2.75, 3.05) is 6.61 Å². The lowest BCUT2D eigenvalue weighted by atomic mass is 9.97. The summed E-state index contributed by atoms with van der Waals surface area (Å²) in [6.45, 7) is 3.68. The van der Waals surface area contributed by atoms with Crippen LogP contribution >= 0.6 is 0 Å². The molecule has 0 aliphatic carbocycles. The SMILES string of the molecule is CCCc1cccc([C](C)CO)c1F. The van der Waals surface area contributed by atoms with Gasteiger partial charge in [0.05, 0.1) is 6.61 Å². The topological polar surface area (TPSA) is 20.2 Å². The second kappa shape index (κ2) is 5.11. The highest BCUT2D eigenvalue weighted by Crippen LogP contribution is 2.21. The number of aryl methyl sites for hydroxylation is 1. The first-order valence-electron chi connectivity index (χ1n) is 4.91. The van der Waals surface area contributed by atoms with Gasteiger partial charge in [0.15, 0.2) is 0 Å². The summed E-state index contributed by atoms with van der Waals surface area (Å²) < 4.78 is 13.8.